The first-order valence-electron chi connectivity index (χ1n) is 6.14. The molecule has 0 unspecified atom stereocenters. The third kappa shape index (κ3) is 4.06. The van der Waals surface area contributed by atoms with Gasteiger partial charge in [0.05, 0.1) is 18.9 Å². The second-order valence-electron chi connectivity index (χ2n) is 3.91. The Bertz CT molecular complexity index is 500. The van der Waals surface area contributed by atoms with Crippen LogP contribution in [-0.2, 0) is 6.54 Å². The van der Waals surface area contributed by atoms with Crippen molar-refractivity contribution >= 4 is 23.4 Å². The van der Waals surface area contributed by atoms with Crippen LogP contribution in [0.25, 0.3) is 0 Å². The third-order valence-corrected chi connectivity index (χ3v) is 2.66. The Morgan fingerprint density at radius 2 is 2.21 bits per heavy atom. The van der Waals surface area contributed by atoms with E-state index in [1.54, 1.807) is 23.3 Å². The summed E-state index contributed by atoms with van der Waals surface area (Å²) in [7, 11) is 0. The number of hydrogen-bond acceptors (Lipinski definition) is 6. The van der Waals surface area contributed by atoms with Crippen molar-refractivity contribution in [2.45, 2.75) is 19.9 Å². The van der Waals surface area contributed by atoms with Crippen LogP contribution in [0.4, 0.5) is 11.8 Å². The summed E-state index contributed by atoms with van der Waals surface area (Å²) in [5.74, 6) is 1.20. The van der Waals surface area contributed by atoms with Gasteiger partial charge in [0.1, 0.15) is 5.02 Å². The molecule has 7 nitrogen and oxygen atoms in total. The highest BCUT2D eigenvalue weighted by atomic mass is 35.5. The molecular formula is C11H16ClN7. The zero-order chi connectivity index (χ0) is 13.5. The van der Waals surface area contributed by atoms with Crippen molar-refractivity contribution in [1.82, 2.24) is 25.0 Å². The fraction of sp³-hybridized carbons (Fsp3) is 0.455. The van der Waals surface area contributed by atoms with Crippen molar-refractivity contribution < 1.29 is 0 Å². The SMILES string of the molecule is CCCNc1ncc(Cl)c(NCCn2ccnn2)n1. The molecule has 0 aliphatic carbocycles. The molecule has 0 saturated heterocycles. The lowest BCUT2D eigenvalue weighted by molar-refractivity contribution is 0.608. The lowest BCUT2D eigenvalue weighted by atomic mass is 10.5. The number of aromatic nitrogens is 5. The van der Waals surface area contributed by atoms with Crippen LogP contribution in [0.2, 0.25) is 5.02 Å². The Balaban J connectivity index is 1.90. The largest absolute Gasteiger partial charge is 0.367 e. The van der Waals surface area contributed by atoms with Crippen LogP contribution in [0.3, 0.4) is 0 Å². The van der Waals surface area contributed by atoms with Crippen molar-refractivity contribution in [2.24, 2.45) is 0 Å². The van der Waals surface area contributed by atoms with E-state index in [-0.39, 0.29) is 0 Å². The molecule has 2 rings (SSSR count). The van der Waals surface area contributed by atoms with E-state index in [9.17, 15) is 0 Å². The maximum atomic E-state index is 6.04. The maximum absolute atomic E-state index is 6.04. The summed E-state index contributed by atoms with van der Waals surface area (Å²) in [5.41, 5.74) is 0. The fourth-order valence-electron chi connectivity index (χ4n) is 1.45. The Labute approximate surface area is 116 Å². The fourth-order valence-corrected chi connectivity index (χ4v) is 1.61. The molecule has 2 N–H and O–H groups in total. The lowest BCUT2D eigenvalue weighted by Crippen LogP contribution is -2.13. The van der Waals surface area contributed by atoms with Gasteiger partial charge in [0, 0.05) is 19.3 Å². The number of nitrogens with one attached hydrogen (secondary N) is 2. The summed E-state index contributed by atoms with van der Waals surface area (Å²) >= 11 is 6.04. The van der Waals surface area contributed by atoms with Crippen LogP contribution in [0.5, 0.6) is 0 Å². The Hall–Kier alpha value is -1.89. The van der Waals surface area contributed by atoms with Crippen molar-refractivity contribution in [2.75, 3.05) is 23.7 Å². The minimum absolute atomic E-state index is 0.501. The highest BCUT2D eigenvalue weighted by Crippen LogP contribution is 2.18. The van der Waals surface area contributed by atoms with E-state index >= 15 is 0 Å². The van der Waals surface area contributed by atoms with Crippen molar-refractivity contribution in [1.29, 1.82) is 0 Å². The van der Waals surface area contributed by atoms with Gasteiger partial charge in [0.15, 0.2) is 5.82 Å². The summed E-state index contributed by atoms with van der Waals surface area (Å²) in [5, 5.41) is 14.4. The molecular weight excluding hydrogens is 266 g/mol. The molecule has 0 atom stereocenters. The maximum Gasteiger partial charge on any atom is 0.224 e. The van der Waals surface area contributed by atoms with Gasteiger partial charge in [-0.15, -0.1) is 5.10 Å². The van der Waals surface area contributed by atoms with E-state index < -0.39 is 0 Å². The summed E-state index contributed by atoms with van der Waals surface area (Å²) < 4.78 is 1.73. The Morgan fingerprint density at radius 1 is 1.32 bits per heavy atom. The van der Waals surface area contributed by atoms with E-state index in [1.807, 2.05) is 0 Å². The minimum Gasteiger partial charge on any atom is -0.367 e. The van der Waals surface area contributed by atoms with Crippen molar-refractivity contribution in [3.63, 3.8) is 0 Å². The molecule has 2 aromatic heterocycles. The van der Waals surface area contributed by atoms with Crippen LogP contribution in [-0.4, -0.2) is 38.1 Å². The van der Waals surface area contributed by atoms with E-state index in [4.69, 9.17) is 11.6 Å². The van der Waals surface area contributed by atoms with E-state index in [0.29, 0.717) is 29.9 Å². The average Bonchev–Trinajstić information content (AvgIpc) is 2.92. The average molecular weight is 282 g/mol. The zero-order valence-electron chi connectivity index (χ0n) is 10.7. The molecule has 0 fully saturated rings. The zero-order valence-corrected chi connectivity index (χ0v) is 11.4. The van der Waals surface area contributed by atoms with Crippen LogP contribution in [0.1, 0.15) is 13.3 Å². The quantitative estimate of drug-likeness (QED) is 0.803. The first-order chi connectivity index (χ1) is 9.29. The standard InChI is InChI=1S/C11H16ClN7/c1-2-3-14-11-15-8-9(12)10(17-11)13-4-6-19-7-5-16-18-19/h5,7-8H,2-4,6H2,1H3,(H2,13,14,15,17). The van der Waals surface area contributed by atoms with Gasteiger partial charge in [0.25, 0.3) is 0 Å². The highest BCUT2D eigenvalue weighted by Gasteiger charge is 2.04. The molecule has 0 saturated carbocycles. The van der Waals surface area contributed by atoms with Crippen LogP contribution in [0, 0.1) is 0 Å². The summed E-state index contributed by atoms with van der Waals surface area (Å²) in [6.07, 6.45) is 6.05. The molecule has 2 aromatic rings. The monoisotopic (exact) mass is 281 g/mol. The van der Waals surface area contributed by atoms with Gasteiger partial charge < -0.3 is 10.6 Å². The molecule has 19 heavy (non-hydrogen) atoms. The van der Waals surface area contributed by atoms with E-state index in [0.717, 1.165) is 13.0 Å². The first-order valence-corrected chi connectivity index (χ1v) is 6.51. The summed E-state index contributed by atoms with van der Waals surface area (Å²) in [6, 6.07) is 0. The first kappa shape index (κ1) is 13.5. The topological polar surface area (TPSA) is 80.5 Å². The lowest BCUT2D eigenvalue weighted by Gasteiger charge is -2.09. The molecule has 2 heterocycles. The predicted octanol–water partition coefficient (Wildman–Crippen LogP) is 1.66. The van der Waals surface area contributed by atoms with Crippen molar-refractivity contribution in [3.05, 3.63) is 23.6 Å². The van der Waals surface area contributed by atoms with Gasteiger partial charge in [-0.2, -0.15) is 4.98 Å². The Morgan fingerprint density at radius 3 is 2.95 bits per heavy atom. The van der Waals surface area contributed by atoms with Crippen LogP contribution < -0.4 is 10.6 Å². The van der Waals surface area contributed by atoms with Gasteiger partial charge in [-0.3, -0.25) is 4.68 Å². The van der Waals surface area contributed by atoms with Gasteiger partial charge in [-0.25, -0.2) is 4.98 Å². The van der Waals surface area contributed by atoms with Gasteiger partial charge in [0.2, 0.25) is 5.95 Å². The smallest absolute Gasteiger partial charge is 0.224 e. The normalized spacial score (nSPS) is 10.4. The van der Waals surface area contributed by atoms with E-state index in [1.165, 1.54) is 0 Å². The van der Waals surface area contributed by atoms with Crippen molar-refractivity contribution in [3.8, 4) is 0 Å². The molecule has 102 valence electrons. The number of hydrogen-bond donors (Lipinski definition) is 2. The number of rotatable bonds is 7. The second-order valence-corrected chi connectivity index (χ2v) is 4.32. The highest BCUT2D eigenvalue weighted by molar-refractivity contribution is 6.32. The van der Waals surface area contributed by atoms with Gasteiger partial charge >= 0.3 is 0 Å². The second kappa shape index (κ2) is 6.89. The summed E-state index contributed by atoms with van der Waals surface area (Å²) in [6.45, 7) is 4.27. The molecule has 0 aliphatic heterocycles. The minimum atomic E-state index is 0.501. The van der Waals surface area contributed by atoms with Gasteiger partial charge in [-0.1, -0.05) is 23.7 Å². The molecule has 0 spiro atoms. The molecule has 0 bridgehead atoms. The molecule has 0 amide bonds. The third-order valence-electron chi connectivity index (χ3n) is 2.38. The van der Waals surface area contributed by atoms with Crippen LogP contribution >= 0.6 is 11.6 Å². The number of nitrogens with zero attached hydrogens (tertiary/aromatic N) is 5. The molecule has 0 aromatic carbocycles. The van der Waals surface area contributed by atoms with Crippen LogP contribution in [0.15, 0.2) is 18.6 Å². The predicted molar refractivity (Wildman–Crippen MR) is 74.3 cm³/mol. The molecule has 8 heteroatoms. The molecule has 0 aliphatic rings. The Kier molecular flexibility index (Phi) is 4.91. The van der Waals surface area contributed by atoms with Gasteiger partial charge in [-0.05, 0) is 6.42 Å². The van der Waals surface area contributed by atoms with E-state index in [2.05, 4.69) is 37.8 Å². The number of anilines is 2. The molecule has 0 radical (unpaired) electrons. The summed E-state index contributed by atoms with van der Waals surface area (Å²) in [4.78, 5) is 8.43. The number of halogens is 1.